The van der Waals surface area contributed by atoms with Crippen LogP contribution in [0.3, 0.4) is 0 Å². The van der Waals surface area contributed by atoms with Gasteiger partial charge in [-0.3, -0.25) is 4.79 Å². The number of ether oxygens (including phenoxy) is 1. The Morgan fingerprint density at radius 2 is 2.18 bits per heavy atom. The van der Waals surface area contributed by atoms with E-state index in [0.717, 1.165) is 6.92 Å². The zero-order valence-electron chi connectivity index (χ0n) is 9.13. The predicted octanol–water partition coefficient (Wildman–Crippen LogP) is 1.99. The Hall–Kier alpha value is -1.50. The molecule has 17 heavy (non-hydrogen) atoms. The van der Waals surface area contributed by atoms with Crippen LogP contribution in [0.5, 0.6) is 0 Å². The summed E-state index contributed by atoms with van der Waals surface area (Å²) in [7, 11) is 0. The summed E-state index contributed by atoms with van der Waals surface area (Å²) in [6.45, 7) is 1.89. The molecule has 2 rings (SSSR count). The standard InChI is InChI=1S/C10H9F3N2O2/c1-5(16)8-14-3-6-4-17-9(2,7(6)15-8)10(11,12)13/h3H,4H2,1-2H3/t9-/m0/s1. The second kappa shape index (κ2) is 3.49. The number of halogens is 3. The van der Waals surface area contributed by atoms with Crippen molar-refractivity contribution in [2.45, 2.75) is 32.2 Å². The molecule has 4 nitrogen and oxygen atoms in total. The molecule has 92 valence electrons. The molecule has 0 unspecified atom stereocenters. The molecule has 1 aliphatic rings. The van der Waals surface area contributed by atoms with Gasteiger partial charge in [0.1, 0.15) is 0 Å². The molecule has 0 amide bonds. The molecule has 0 aromatic carbocycles. The van der Waals surface area contributed by atoms with E-state index in [0.29, 0.717) is 0 Å². The Morgan fingerprint density at radius 3 is 2.71 bits per heavy atom. The molecule has 1 aliphatic heterocycles. The van der Waals surface area contributed by atoms with Crippen LogP contribution in [-0.4, -0.2) is 21.9 Å². The highest BCUT2D eigenvalue weighted by atomic mass is 19.4. The summed E-state index contributed by atoms with van der Waals surface area (Å²) < 4.78 is 43.4. The van der Waals surface area contributed by atoms with Crippen LogP contribution >= 0.6 is 0 Å². The van der Waals surface area contributed by atoms with E-state index >= 15 is 0 Å². The van der Waals surface area contributed by atoms with Crippen molar-refractivity contribution in [1.82, 2.24) is 9.97 Å². The summed E-state index contributed by atoms with van der Waals surface area (Å²) in [5.41, 5.74) is -2.48. The lowest BCUT2D eigenvalue weighted by Crippen LogP contribution is -2.40. The van der Waals surface area contributed by atoms with E-state index in [9.17, 15) is 18.0 Å². The number of Topliss-reactive ketones (excluding diaryl/α,β-unsaturated/α-hetero) is 1. The van der Waals surface area contributed by atoms with Gasteiger partial charge in [-0.1, -0.05) is 0 Å². The van der Waals surface area contributed by atoms with E-state index < -0.39 is 17.6 Å². The maximum atomic E-state index is 12.9. The molecule has 1 aromatic heterocycles. The van der Waals surface area contributed by atoms with E-state index in [1.165, 1.54) is 13.1 Å². The van der Waals surface area contributed by atoms with Gasteiger partial charge < -0.3 is 4.74 Å². The van der Waals surface area contributed by atoms with Crippen LogP contribution < -0.4 is 0 Å². The number of ketones is 1. The van der Waals surface area contributed by atoms with Gasteiger partial charge >= 0.3 is 6.18 Å². The minimum atomic E-state index is -4.58. The van der Waals surface area contributed by atoms with E-state index in [-0.39, 0.29) is 23.7 Å². The van der Waals surface area contributed by atoms with E-state index in [1.807, 2.05) is 0 Å². The van der Waals surface area contributed by atoms with Gasteiger partial charge in [0, 0.05) is 18.7 Å². The lowest BCUT2D eigenvalue weighted by molar-refractivity contribution is -0.273. The zero-order valence-corrected chi connectivity index (χ0v) is 9.13. The molecule has 0 radical (unpaired) electrons. The maximum Gasteiger partial charge on any atom is 0.422 e. The highest BCUT2D eigenvalue weighted by molar-refractivity contribution is 5.90. The first-order valence-corrected chi connectivity index (χ1v) is 4.84. The topological polar surface area (TPSA) is 52.1 Å². The number of alkyl halides is 3. The van der Waals surface area contributed by atoms with Gasteiger partial charge in [-0.2, -0.15) is 13.2 Å². The van der Waals surface area contributed by atoms with E-state index in [4.69, 9.17) is 4.74 Å². The van der Waals surface area contributed by atoms with Crippen LogP contribution in [0.15, 0.2) is 6.20 Å². The fraction of sp³-hybridized carbons (Fsp3) is 0.500. The molecule has 0 N–H and O–H groups in total. The van der Waals surface area contributed by atoms with Crippen LogP contribution in [-0.2, 0) is 16.9 Å². The summed E-state index contributed by atoms with van der Waals surface area (Å²) in [6, 6.07) is 0. The largest absolute Gasteiger partial charge is 0.422 e. The Bertz CT molecular complexity index is 487. The monoisotopic (exact) mass is 246 g/mol. The van der Waals surface area contributed by atoms with Gasteiger partial charge in [0.25, 0.3) is 0 Å². The number of fused-ring (bicyclic) bond motifs is 1. The van der Waals surface area contributed by atoms with E-state index in [2.05, 4.69) is 9.97 Å². The molecular weight excluding hydrogens is 237 g/mol. The molecule has 1 aromatic rings. The molecule has 0 saturated heterocycles. The third kappa shape index (κ3) is 1.70. The van der Waals surface area contributed by atoms with Crippen molar-refractivity contribution in [2.75, 3.05) is 0 Å². The Balaban J connectivity index is 2.57. The summed E-state index contributed by atoms with van der Waals surface area (Å²) in [5, 5.41) is 0. The van der Waals surface area contributed by atoms with Crippen molar-refractivity contribution in [3.8, 4) is 0 Å². The highest BCUT2D eigenvalue weighted by Crippen LogP contribution is 2.46. The third-order valence-corrected chi connectivity index (χ3v) is 2.69. The first kappa shape index (κ1) is 12.0. The third-order valence-electron chi connectivity index (χ3n) is 2.69. The molecular formula is C10H9F3N2O2. The van der Waals surface area contributed by atoms with Gasteiger partial charge in [0.05, 0.1) is 12.3 Å². The lowest BCUT2D eigenvalue weighted by atomic mass is 10.0. The van der Waals surface area contributed by atoms with Gasteiger partial charge in [0.2, 0.25) is 5.60 Å². The molecule has 7 heteroatoms. The maximum absolute atomic E-state index is 12.9. The Labute approximate surface area is 94.8 Å². The fourth-order valence-electron chi connectivity index (χ4n) is 1.60. The summed E-state index contributed by atoms with van der Waals surface area (Å²) in [5.74, 6) is -0.714. The molecule has 0 bridgehead atoms. The molecule has 0 fully saturated rings. The number of carbonyl (C=O) groups excluding carboxylic acids is 1. The lowest BCUT2D eigenvalue weighted by Gasteiger charge is -2.26. The Kier molecular flexibility index (Phi) is 2.46. The second-order valence-electron chi connectivity index (χ2n) is 3.94. The fourth-order valence-corrected chi connectivity index (χ4v) is 1.60. The van der Waals surface area contributed by atoms with Crippen molar-refractivity contribution in [3.63, 3.8) is 0 Å². The highest BCUT2D eigenvalue weighted by Gasteiger charge is 2.58. The summed E-state index contributed by atoms with van der Waals surface area (Å²) >= 11 is 0. The number of aromatic nitrogens is 2. The van der Waals surface area contributed by atoms with Crippen molar-refractivity contribution < 1.29 is 22.7 Å². The van der Waals surface area contributed by atoms with Gasteiger partial charge in [-0.05, 0) is 6.92 Å². The van der Waals surface area contributed by atoms with Crippen LogP contribution in [0.4, 0.5) is 13.2 Å². The number of hydrogen-bond acceptors (Lipinski definition) is 4. The van der Waals surface area contributed by atoms with Crippen LogP contribution in [0.1, 0.15) is 35.7 Å². The van der Waals surface area contributed by atoms with Crippen LogP contribution in [0.25, 0.3) is 0 Å². The molecule has 0 spiro atoms. The van der Waals surface area contributed by atoms with Gasteiger partial charge in [-0.15, -0.1) is 0 Å². The van der Waals surface area contributed by atoms with Crippen molar-refractivity contribution in [2.24, 2.45) is 0 Å². The van der Waals surface area contributed by atoms with Crippen molar-refractivity contribution >= 4 is 5.78 Å². The van der Waals surface area contributed by atoms with E-state index in [1.54, 1.807) is 0 Å². The predicted molar refractivity (Wildman–Crippen MR) is 50.2 cm³/mol. The quantitative estimate of drug-likeness (QED) is 0.711. The second-order valence-corrected chi connectivity index (χ2v) is 3.94. The minimum Gasteiger partial charge on any atom is -0.355 e. The summed E-state index contributed by atoms with van der Waals surface area (Å²) in [6.07, 6.45) is -3.38. The number of hydrogen-bond donors (Lipinski definition) is 0. The summed E-state index contributed by atoms with van der Waals surface area (Å²) in [4.78, 5) is 18.4. The zero-order chi connectivity index (χ0) is 12.8. The molecule has 0 aliphatic carbocycles. The average molecular weight is 246 g/mol. The van der Waals surface area contributed by atoms with Crippen molar-refractivity contribution in [3.05, 3.63) is 23.3 Å². The normalized spacial score (nSPS) is 23.6. The van der Waals surface area contributed by atoms with Gasteiger partial charge in [0.15, 0.2) is 11.6 Å². The average Bonchev–Trinajstić information content (AvgIpc) is 2.56. The first-order chi connectivity index (χ1) is 7.75. The Morgan fingerprint density at radius 1 is 1.53 bits per heavy atom. The minimum absolute atomic E-state index is 0.205. The molecule has 2 heterocycles. The van der Waals surface area contributed by atoms with Gasteiger partial charge in [-0.25, -0.2) is 9.97 Å². The SMILES string of the molecule is CC(=O)c1ncc2c(n1)[C@@](C)(C(F)(F)F)OC2. The molecule has 1 atom stereocenters. The smallest absolute Gasteiger partial charge is 0.355 e. The molecule has 0 saturated carbocycles. The number of rotatable bonds is 1. The number of nitrogens with zero attached hydrogens (tertiary/aromatic N) is 2. The van der Waals surface area contributed by atoms with Crippen LogP contribution in [0, 0.1) is 0 Å². The van der Waals surface area contributed by atoms with Crippen LogP contribution in [0.2, 0.25) is 0 Å². The first-order valence-electron chi connectivity index (χ1n) is 4.84. The van der Waals surface area contributed by atoms with Crippen molar-refractivity contribution in [1.29, 1.82) is 0 Å². The number of carbonyl (C=O) groups is 1.